The van der Waals surface area contributed by atoms with Crippen LogP contribution in [0.25, 0.3) is 0 Å². The number of nitrogens with one attached hydrogen (secondary N) is 1. The molecule has 2 N–H and O–H groups in total. The number of hydrogen-bond donors (Lipinski definition) is 2. The molecule has 0 unspecified atom stereocenters. The molecule has 0 heterocycles. The first kappa shape index (κ1) is 10.8. The maximum atomic E-state index is 11.1. The lowest BCUT2D eigenvalue weighted by molar-refractivity contribution is -0.123. The van der Waals surface area contributed by atoms with E-state index in [0.29, 0.717) is 25.3 Å². The molecule has 13 heavy (non-hydrogen) atoms. The van der Waals surface area contributed by atoms with Crippen molar-refractivity contribution in [2.24, 2.45) is 0 Å². The fourth-order valence-electron chi connectivity index (χ4n) is 1.34. The van der Waals surface area contributed by atoms with E-state index in [2.05, 4.69) is 5.32 Å². The van der Waals surface area contributed by atoms with Gasteiger partial charge >= 0.3 is 0 Å². The van der Waals surface area contributed by atoms with E-state index in [4.69, 9.17) is 11.6 Å². The van der Waals surface area contributed by atoms with Crippen LogP contribution in [0.5, 0.6) is 0 Å². The van der Waals surface area contributed by atoms with Crippen LogP contribution < -0.4 is 5.32 Å². The molecule has 1 aliphatic rings. The van der Waals surface area contributed by atoms with Crippen molar-refractivity contribution in [3.8, 4) is 0 Å². The summed E-state index contributed by atoms with van der Waals surface area (Å²) in [4.78, 5) is 11.1. The molecule has 1 rings (SSSR count). The van der Waals surface area contributed by atoms with E-state index in [1.165, 1.54) is 0 Å². The Morgan fingerprint density at radius 1 is 1.54 bits per heavy atom. The number of rotatable bonds is 5. The number of amides is 1. The fraction of sp³-hybridized carbons (Fsp3) is 0.889. The summed E-state index contributed by atoms with van der Waals surface area (Å²) >= 11 is 5.44. The van der Waals surface area contributed by atoms with Crippen LogP contribution in [0.2, 0.25) is 0 Å². The summed E-state index contributed by atoms with van der Waals surface area (Å²) in [5.74, 6) is 0.499. The molecule has 1 aliphatic carbocycles. The van der Waals surface area contributed by atoms with Gasteiger partial charge in [-0.05, 0) is 25.7 Å². The summed E-state index contributed by atoms with van der Waals surface area (Å²) in [5, 5.41) is 12.4. The minimum atomic E-state index is -0.614. The summed E-state index contributed by atoms with van der Waals surface area (Å²) in [6.07, 6.45) is 3.84. The summed E-state index contributed by atoms with van der Waals surface area (Å²) in [5.41, 5.74) is -0.614. The molecule has 1 fully saturated rings. The minimum absolute atomic E-state index is 0.0130. The van der Waals surface area contributed by atoms with Crippen molar-refractivity contribution < 1.29 is 9.90 Å². The highest BCUT2D eigenvalue weighted by atomic mass is 35.5. The van der Waals surface area contributed by atoms with E-state index in [1.54, 1.807) is 0 Å². The summed E-state index contributed by atoms with van der Waals surface area (Å²) in [7, 11) is 0. The number of carbonyl (C=O) groups is 1. The third-order valence-electron chi connectivity index (χ3n) is 2.44. The number of aliphatic hydroxyl groups is 1. The Kier molecular flexibility index (Phi) is 4.00. The Labute approximate surface area is 83.5 Å². The van der Waals surface area contributed by atoms with Gasteiger partial charge in [0.05, 0.1) is 5.60 Å². The molecule has 76 valence electrons. The van der Waals surface area contributed by atoms with Crippen molar-refractivity contribution in [3.63, 3.8) is 0 Å². The highest BCUT2D eigenvalue weighted by Gasteiger charge is 2.34. The summed E-state index contributed by atoms with van der Waals surface area (Å²) < 4.78 is 0. The van der Waals surface area contributed by atoms with Crippen LogP contribution in [-0.2, 0) is 4.79 Å². The lowest BCUT2D eigenvalue weighted by atomic mass is 9.80. The van der Waals surface area contributed by atoms with Crippen LogP contribution >= 0.6 is 11.6 Å². The van der Waals surface area contributed by atoms with Crippen molar-refractivity contribution in [1.29, 1.82) is 0 Å². The first-order valence-corrected chi connectivity index (χ1v) is 5.25. The van der Waals surface area contributed by atoms with Crippen molar-refractivity contribution in [1.82, 2.24) is 5.32 Å². The molecule has 0 aliphatic heterocycles. The Balaban J connectivity index is 2.07. The van der Waals surface area contributed by atoms with Crippen LogP contribution in [0.3, 0.4) is 0 Å². The quantitative estimate of drug-likeness (QED) is 0.659. The highest BCUT2D eigenvalue weighted by Crippen LogP contribution is 2.30. The van der Waals surface area contributed by atoms with Gasteiger partial charge in [-0.1, -0.05) is 0 Å². The Bertz CT molecular complexity index is 180. The summed E-state index contributed by atoms with van der Waals surface area (Å²) in [6.45, 7) is 0.397. The third kappa shape index (κ3) is 3.53. The minimum Gasteiger partial charge on any atom is -0.388 e. The lowest BCUT2D eigenvalue weighted by Gasteiger charge is -2.36. The van der Waals surface area contributed by atoms with Crippen molar-refractivity contribution in [2.75, 3.05) is 12.4 Å². The average molecular weight is 206 g/mol. The second-order valence-corrected chi connectivity index (χ2v) is 4.03. The van der Waals surface area contributed by atoms with Gasteiger partial charge in [-0.25, -0.2) is 0 Å². The van der Waals surface area contributed by atoms with Crippen molar-refractivity contribution in [2.45, 2.75) is 37.7 Å². The molecule has 0 aromatic rings. The second kappa shape index (κ2) is 4.82. The van der Waals surface area contributed by atoms with Gasteiger partial charge in [0.1, 0.15) is 0 Å². The molecule has 0 radical (unpaired) electrons. The van der Waals surface area contributed by atoms with Gasteiger partial charge in [0.2, 0.25) is 5.91 Å². The van der Waals surface area contributed by atoms with E-state index in [9.17, 15) is 9.90 Å². The van der Waals surface area contributed by atoms with E-state index < -0.39 is 5.60 Å². The van der Waals surface area contributed by atoms with Crippen LogP contribution in [0.15, 0.2) is 0 Å². The molecule has 0 bridgehead atoms. The van der Waals surface area contributed by atoms with E-state index in [-0.39, 0.29) is 5.91 Å². The normalized spacial score (nSPS) is 19.2. The second-order valence-electron chi connectivity index (χ2n) is 3.65. The van der Waals surface area contributed by atoms with Gasteiger partial charge in [0.15, 0.2) is 0 Å². The number of hydrogen-bond acceptors (Lipinski definition) is 2. The van der Waals surface area contributed by atoms with Gasteiger partial charge in [-0.2, -0.15) is 0 Å². The molecule has 1 amide bonds. The molecule has 1 saturated carbocycles. The van der Waals surface area contributed by atoms with Crippen LogP contribution in [0.1, 0.15) is 32.1 Å². The topological polar surface area (TPSA) is 49.3 Å². The van der Waals surface area contributed by atoms with Gasteiger partial charge in [-0.15, -0.1) is 11.6 Å². The average Bonchev–Trinajstić information content (AvgIpc) is 2.08. The molecule has 3 nitrogen and oxygen atoms in total. The monoisotopic (exact) mass is 205 g/mol. The molecule has 0 spiro atoms. The predicted molar refractivity (Wildman–Crippen MR) is 51.8 cm³/mol. The van der Waals surface area contributed by atoms with Crippen LogP contribution in [0, 0.1) is 0 Å². The largest absolute Gasteiger partial charge is 0.388 e. The van der Waals surface area contributed by atoms with E-state index in [0.717, 1.165) is 19.3 Å². The number of halogens is 1. The summed E-state index contributed by atoms with van der Waals surface area (Å²) in [6, 6.07) is 0. The maximum absolute atomic E-state index is 11.1. The standard InChI is InChI=1S/C9H16ClNO2/c10-6-1-3-8(12)11-7-9(13)4-2-5-9/h13H,1-7H2,(H,11,12). The lowest BCUT2D eigenvalue weighted by Crippen LogP contribution is -2.47. The van der Waals surface area contributed by atoms with Gasteiger partial charge in [0, 0.05) is 18.8 Å². The van der Waals surface area contributed by atoms with E-state index in [1.807, 2.05) is 0 Å². The van der Waals surface area contributed by atoms with Gasteiger partial charge < -0.3 is 10.4 Å². The van der Waals surface area contributed by atoms with Crippen LogP contribution in [-0.4, -0.2) is 29.0 Å². The van der Waals surface area contributed by atoms with Crippen LogP contribution in [0.4, 0.5) is 0 Å². The SMILES string of the molecule is O=C(CCCCl)NCC1(O)CCC1. The number of alkyl halides is 1. The highest BCUT2D eigenvalue weighted by molar-refractivity contribution is 6.17. The Morgan fingerprint density at radius 2 is 2.23 bits per heavy atom. The molecule has 0 atom stereocenters. The first-order valence-electron chi connectivity index (χ1n) is 4.71. The van der Waals surface area contributed by atoms with Gasteiger partial charge in [-0.3, -0.25) is 4.79 Å². The first-order chi connectivity index (χ1) is 6.16. The molecular weight excluding hydrogens is 190 g/mol. The molecule has 4 heteroatoms. The molecule has 0 aromatic carbocycles. The van der Waals surface area contributed by atoms with Gasteiger partial charge in [0.25, 0.3) is 0 Å². The fourth-order valence-corrected chi connectivity index (χ4v) is 1.47. The molecular formula is C9H16ClNO2. The molecule has 0 aromatic heterocycles. The third-order valence-corrected chi connectivity index (χ3v) is 2.70. The molecule has 0 saturated heterocycles. The zero-order valence-electron chi connectivity index (χ0n) is 7.68. The Hall–Kier alpha value is -0.280. The van der Waals surface area contributed by atoms with Crippen molar-refractivity contribution >= 4 is 17.5 Å². The van der Waals surface area contributed by atoms with Crippen molar-refractivity contribution in [3.05, 3.63) is 0 Å². The zero-order valence-corrected chi connectivity index (χ0v) is 8.44. The predicted octanol–water partition coefficient (Wildman–Crippen LogP) is 1.04. The number of carbonyl (C=O) groups excluding carboxylic acids is 1. The zero-order chi connectivity index (χ0) is 9.73. The maximum Gasteiger partial charge on any atom is 0.220 e. The Morgan fingerprint density at radius 3 is 2.69 bits per heavy atom. The van der Waals surface area contributed by atoms with E-state index >= 15 is 0 Å². The smallest absolute Gasteiger partial charge is 0.220 e.